The monoisotopic (exact) mass is 549 g/mol. The van der Waals surface area contributed by atoms with Gasteiger partial charge in [-0.1, -0.05) is 51.4 Å². The van der Waals surface area contributed by atoms with Gasteiger partial charge in [-0.15, -0.1) is 10.2 Å². The molecule has 0 bridgehead atoms. The van der Waals surface area contributed by atoms with Crippen LogP contribution in [0.1, 0.15) is 47.2 Å². The zero-order valence-electron chi connectivity index (χ0n) is 18.8. The van der Waals surface area contributed by atoms with E-state index in [9.17, 15) is 9.59 Å². The lowest BCUT2D eigenvalue weighted by atomic mass is 10.1. The smallest absolute Gasteiger partial charge is 0.253 e. The highest BCUT2D eigenvalue weighted by Gasteiger charge is 2.21. The first-order valence-corrected chi connectivity index (χ1v) is 12.5. The van der Waals surface area contributed by atoms with Gasteiger partial charge in [0.2, 0.25) is 5.91 Å². The van der Waals surface area contributed by atoms with E-state index < -0.39 is 6.04 Å². The summed E-state index contributed by atoms with van der Waals surface area (Å²) >= 11 is 10.9. The minimum atomic E-state index is -0.391. The molecular formula is C23H25BrClN5O2S. The maximum atomic E-state index is 12.6. The van der Waals surface area contributed by atoms with Gasteiger partial charge in [0.15, 0.2) is 11.0 Å². The number of rotatable bonds is 8. The van der Waals surface area contributed by atoms with Crippen molar-refractivity contribution in [3.8, 4) is 0 Å². The Morgan fingerprint density at radius 3 is 2.58 bits per heavy atom. The molecule has 1 aromatic heterocycles. The van der Waals surface area contributed by atoms with Crippen molar-refractivity contribution in [2.75, 3.05) is 11.1 Å². The number of hydrogen-bond acceptors (Lipinski definition) is 5. The highest BCUT2D eigenvalue weighted by atomic mass is 79.9. The summed E-state index contributed by atoms with van der Waals surface area (Å²) in [5.74, 6) is 0.386. The van der Waals surface area contributed by atoms with Crippen LogP contribution in [0.2, 0.25) is 5.02 Å². The summed E-state index contributed by atoms with van der Waals surface area (Å²) in [6.45, 7) is 8.38. The molecule has 3 aromatic rings. The number of nitrogens with one attached hydrogen (secondary N) is 2. The molecule has 3 rings (SSSR count). The summed E-state index contributed by atoms with van der Waals surface area (Å²) in [7, 11) is 0. The Morgan fingerprint density at radius 2 is 1.88 bits per heavy atom. The Morgan fingerprint density at radius 1 is 1.15 bits per heavy atom. The van der Waals surface area contributed by atoms with Crippen LogP contribution < -0.4 is 10.6 Å². The molecule has 1 atom stereocenters. The van der Waals surface area contributed by atoms with Crippen molar-refractivity contribution in [1.29, 1.82) is 0 Å². The van der Waals surface area contributed by atoms with E-state index in [1.807, 2.05) is 44.4 Å². The van der Waals surface area contributed by atoms with E-state index in [-0.39, 0.29) is 17.6 Å². The first kappa shape index (κ1) is 25.3. The van der Waals surface area contributed by atoms with E-state index in [2.05, 4.69) is 36.8 Å². The number of nitrogens with zero attached hydrogens (tertiary/aromatic N) is 3. The van der Waals surface area contributed by atoms with Crippen molar-refractivity contribution in [2.24, 2.45) is 0 Å². The predicted molar refractivity (Wildman–Crippen MR) is 136 cm³/mol. The second-order valence-corrected chi connectivity index (χ2v) is 9.65. The van der Waals surface area contributed by atoms with Crippen LogP contribution in [0.15, 0.2) is 46.0 Å². The van der Waals surface area contributed by atoms with E-state index in [0.717, 1.165) is 21.3 Å². The molecule has 7 nitrogen and oxygen atoms in total. The lowest BCUT2D eigenvalue weighted by molar-refractivity contribution is -0.113. The number of carbonyl (C=O) groups excluding carboxylic acids is 2. The average Bonchev–Trinajstić information content (AvgIpc) is 3.21. The van der Waals surface area contributed by atoms with Crippen LogP contribution in [0.5, 0.6) is 0 Å². The van der Waals surface area contributed by atoms with Crippen molar-refractivity contribution in [3.05, 3.63) is 68.4 Å². The molecule has 0 saturated heterocycles. The Hall–Kier alpha value is -2.36. The van der Waals surface area contributed by atoms with Crippen LogP contribution in [-0.2, 0) is 11.3 Å². The van der Waals surface area contributed by atoms with Crippen LogP contribution in [-0.4, -0.2) is 32.3 Å². The standard InChI is InChI=1S/C23H25BrClN5O2S/c1-5-30-21(15(4)26-22(32)16-8-6-7-9-18(16)25)28-29-23(30)33-12-20(31)27-19-11-10-17(24)13(2)14(19)3/h6-11,15H,5,12H2,1-4H3,(H,26,32)(H,27,31)/t15-/m0/s1. The Kier molecular flexibility index (Phi) is 8.56. The lowest BCUT2D eigenvalue weighted by Crippen LogP contribution is -2.29. The normalized spacial score (nSPS) is 11.8. The Bertz CT molecular complexity index is 1180. The highest BCUT2D eigenvalue weighted by Crippen LogP contribution is 2.27. The number of hydrogen-bond donors (Lipinski definition) is 2. The first-order valence-electron chi connectivity index (χ1n) is 10.4. The molecule has 0 aliphatic heterocycles. The van der Waals surface area contributed by atoms with Gasteiger partial charge in [0.25, 0.3) is 5.91 Å². The van der Waals surface area contributed by atoms with Crippen molar-refractivity contribution in [2.45, 2.75) is 45.4 Å². The molecule has 33 heavy (non-hydrogen) atoms. The largest absolute Gasteiger partial charge is 0.342 e. The van der Waals surface area contributed by atoms with Crippen molar-refractivity contribution in [3.63, 3.8) is 0 Å². The Labute approximate surface area is 210 Å². The summed E-state index contributed by atoms with van der Waals surface area (Å²) in [4.78, 5) is 25.1. The molecule has 0 unspecified atom stereocenters. The zero-order chi connectivity index (χ0) is 24.1. The molecular weight excluding hydrogens is 526 g/mol. The lowest BCUT2D eigenvalue weighted by Gasteiger charge is -2.15. The van der Waals surface area contributed by atoms with Gasteiger partial charge in [0.05, 0.1) is 22.4 Å². The molecule has 0 fully saturated rings. The third kappa shape index (κ3) is 5.96. The average molecular weight is 551 g/mol. The van der Waals surface area contributed by atoms with Gasteiger partial charge in [-0.2, -0.15) is 0 Å². The molecule has 0 aliphatic rings. The quantitative estimate of drug-likeness (QED) is 0.359. The number of amides is 2. The molecule has 2 amide bonds. The van der Waals surface area contributed by atoms with Crippen LogP contribution in [0.3, 0.4) is 0 Å². The summed E-state index contributed by atoms with van der Waals surface area (Å²) in [6.07, 6.45) is 0. The van der Waals surface area contributed by atoms with E-state index in [1.165, 1.54) is 11.8 Å². The molecule has 2 aromatic carbocycles. The summed E-state index contributed by atoms with van der Waals surface area (Å²) < 4.78 is 2.90. The molecule has 0 aliphatic carbocycles. The fraction of sp³-hybridized carbons (Fsp3) is 0.304. The van der Waals surface area contributed by atoms with E-state index in [0.29, 0.717) is 28.1 Å². The van der Waals surface area contributed by atoms with Gasteiger partial charge in [0, 0.05) is 16.7 Å². The number of halogens is 2. The summed E-state index contributed by atoms with van der Waals surface area (Å²) in [5.41, 5.74) is 3.29. The summed E-state index contributed by atoms with van der Waals surface area (Å²) in [6, 6.07) is 10.3. The molecule has 2 N–H and O–H groups in total. The molecule has 1 heterocycles. The van der Waals surface area contributed by atoms with E-state index in [1.54, 1.807) is 24.3 Å². The number of anilines is 1. The van der Waals surface area contributed by atoms with Gasteiger partial charge < -0.3 is 15.2 Å². The van der Waals surface area contributed by atoms with E-state index in [4.69, 9.17) is 11.6 Å². The van der Waals surface area contributed by atoms with Crippen LogP contribution in [0.25, 0.3) is 0 Å². The molecule has 0 radical (unpaired) electrons. The zero-order valence-corrected chi connectivity index (χ0v) is 21.9. The van der Waals surface area contributed by atoms with Crippen LogP contribution >= 0.6 is 39.3 Å². The third-order valence-corrected chi connectivity index (χ3v) is 7.40. The minimum Gasteiger partial charge on any atom is -0.342 e. The topological polar surface area (TPSA) is 88.9 Å². The van der Waals surface area contributed by atoms with Gasteiger partial charge in [-0.05, 0) is 63.1 Å². The second kappa shape index (κ2) is 11.2. The van der Waals surface area contributed by atoms with Crippen molar-refractivity contribution in [1.82, 2.24) is 20.1 Å². The second-order valence-electron chi connectivity index (χ2n) is 7.44. The fourth-order valence-corrected chi connectivity index (χ4v) is 4.71. The number of benzene rings is 2. The van der Waals surface area contributed by atoms with Crippen molar-refractivity contribution >= 4 is 56.8 Å². The maximum Gasteiger partial charge on any atom is 0.253 e. The number of carbonyl (C=O) groups is 2. The molecule has 10 heteroatoms. The van der Waals surface area contributed by atoms with Crippen molar-refractivity contribution < 1.29 is 9.59 Å². The Balaban J connectivity index is 1.65. The molecule has 0 spiro atoms. The summed E-state index contributed by atoms with van der Waals surface area (Å²) in [5, 5.41) is 15.4. The van der Waals surface area contributed by atoms with Crippen LogP contribution in [0.4, 0.5) is 5.69 Å². The first-order chi connectivity index (χ1) is 15.7. The molecule has 174 valence electrons. The fourth-order valence-electron chi connectivity index (χ4n) is 3.25. The van der Waals surface area contributed by atoms with Gasteiger partial charge in [0.1, 0.15) is 0 Å². The van der Waals surface area contributed by atoms with Gasteiger partial charge in [-0.3, -0.25) is 9.59 Å². The predicted octanol–water partition coefficient (Wildman–Crippen LogP) is 5.55. The maximum absolute atomic E-state index is 12.6. The van der Waals surface area contributed by atoms with E-state index >= 15 is 0 Å². The van der Waals surface area contributed by atoms with Gasteiger partial charge in [-0.25, -0.2) is 0 Å². The highest BCUT2D eigenvalue weighted by molar-refractivity contribution is 9.10. The van der Waals surface area contributed by atoms with Crippen LogP contribution in [0, 0.1) is 13.8 Å². The number of thioether (sulfide) groups is 1. The SMILES string of the molecule is CCn1c(SCC(=O)Nc2ccc(Br)c(C)c2C)nnc1[C@H](C)NC(=O)c1ccccc1Cl. The number of aromatic nitrogens is 3. The van der Waals surface area contributed by atoms with Gasteiger partial charge >= 0.3 is 0 Å². The molecule has 0 saturated carbocycles. The minimum absolute atomic E-state index is 0.128. The third-order valence-electron chi connectivity index (χ3n) is 5.24.